The molecule has 0 fully saturated rings. The van der Waals surface area contributed by atoms with Crippen LogP contribution in [0.25, 0.3) is 21.5 Å². The van der Waals surface area contributed by atoms with E-state index in [-0.39, 0.29) is 11.8 Å². The van der Waals surface area contributed by atoms with Gasteiger partial charge in [-0.2, -0.15) is 0 Å². The minimum absolute atomic E-state index is 0.0570. The lowest BCUT2D eigenvalue weighted by atomic mass is 10.1. The highest BCUT2D eigenvalue weighted by molar-refractivity contribution is 7.18. The van der Waals surface area contributed by atoms with E-state index in [0.717, 1.165) is 36.8 Å². The second-order valence-electron chi connectivity index (χ2n) is 7.37. The van der Waals surface area contributed by atoms with E-state index in [9.17, 15) is 9.59 Å². The van der Waals surface area contributed by atoms with Crippen molar-refractivity contribution in [2.24, 2.45) is 0 Å². The van der Waals surface area contributed by atoms with Crippen molar-refractivity contribution in [1.82, 2.24) is 15.3 Å². The molecule has 6 nitrogen and oxygen atoms in total. The van der Waals surface area contributed by atoms with Crippen LogP contribution >= 0.6 is 22.7 Å². The molecular formula is C23H22N4O2S2. The van der Waals surface area contributed by atoms with E-state index in [4.69, 9.17) is 0 Å². The molecule has 0 atom stereocenters. The number of thiophene rings is 1. The molecule has 3 heterocycles. The summed E-state index contributed by atoms with van der Waals surface area (Å²) < 4.78 is 0. The summed E-state index contributed by atoms with van der Waals surface area (Å²) in [5, 5.41) is 7.23. The lowest BCUT2D eigenvalue weighted by Gasteiger charge is -2.07. The predicted octanol–water partition coefficient (Wildman–Crippen LogP) is 5.23. The molecule has 4 rings (SSSR count). The van der Waals surface area contributed by atoms with Crippen LogP contribution in [0.1, 0.15) is 38.3 Å². The lowest BCUT2D eigenvalue weighted by Crippen LogP contribution is -2.17. The number of rotatable bonds is 5. The van der Waals surface area contributed by atoms with E-state index in [0.29, 0.717) is 22.9 Å². The zero-order valence-corrected chi connectivity index (χ0v) is 19.3. The van der Waals surface area contributed by atoms with Gasteiger partial charge in [0.2, 0.25) is 5.91 Å². The Hall–Kier alpha value is -3.10. The fourth-order valence-corrected chi connectivity index (χ4v) is 5.16. The molecular weight excluding hydrogens is 428 g/mol. The number of fused-ring (bicyclic) bond motifs is 1. The minimum atomic E-state index is -0.216. The molecule has 8 heteroatoms. The SMILES string of the molecule is CC(=O)NCc1ccc(-c2nc(NC(=O)c3cc4cc(C)ccc4nc3C)sc2C)s1. The standard InChI is InChI=1S/C23H22N4O2S2/c1-12-5-7-19-16(9-12)10-18(13(2)25-19)22(29)27-23-26-21(14(3)30-23)20-8-6-17(31-20)11-24-15(4)28/h5-10H,11H2,1-4H3,(H,24,28)(H,26,27,29). The van der Waals surface area contributed by atoms with Crippen molar-refractivity contribution in [2.75, 3.05) is 5.32 Å². The van der Waals surface area contributed by atoms with Crippen LogP contribution in [-0.2, 0) is 11.3 Å². The zero-order chi connectivity index (χ0) is 22.1. The number of nitrogens with zero attached hydrogens (tertiary/aromatic N) is 2. The Morgan fingerprint density at radius 2 is 1.81 bits per heavy atom. The van der Waals surface area contributed by atoms with E-state index < -0.39 is 0 Å². The average Bonchev–Trinajstić information content (AvgIpc) is 3.32. The minimum Gasteiger partial charge on any atom is -0.351 e. The summed E-state index contributed by atoms with van der Waals surface area (Å²) in [7, 11) is 0. The van der Waals surface area contributed by atoms with Crippen LogP contribution in [0.3, 0.4) is 0 Å². The van der Waals surface area contributed by atoms with E-state index >= 15 is 0 Å². The van der Waals surface area contributed by atoms with Gasteiger partial charge in [-0.05, 0) is 51.1 Å². The molecule has 2 amide bonds. The van der Waals surface area contributed by atoms with Crippen molar-refractivity contribution in [1.29, 1.82) is 0 Å². The first-order valence-electron chi connectivity index (χ1n) is 9.80. The number of hydrogen-bond donors (Lipinski definition) is 2. The van der Waals surface area contributed by atoms with Crippen molar-refractivity contribution in [2.45, 2.75) is 34.2 Å². The lowest BCUT2D eigenvalue weighted by molar-refractivity contribution is -0.119. The van der Waals surface area contributed by atoms with Crippen LogP contribution in [0.2, 0.25) is 0 Å². The normalized spacial score (nSPS) is 11.0. The Bertz CT molecular complexity index is 1310. The molecule has 0 unspecified atom stereocenters. The van der Waals surface area contributed by atoms with Gasteiger partial charge in [-0.15, -0.1) is 22.7 Å². The Balaban J connectivity index is 1.55. The quantitative estimate of drug-likeness (QED) is 0.436. The third-order valence-electron chi connectivity index (χ3n) is 4.83. The number of benzene rings is 1. The fraction of sp³-hybridized carbons (Fsp3) is 0.217. The summed E-state index contributed by atoms with van der Waals surface area (Å²) in [6.45, 7) is 7.85. The van der Waals surface area contributed by atoms with Crippen LogP contribution in [0.15, 0.2) is 36.4 Å². The number of pyridine rings is 1. The molecule has 0 saturated heterocycles. The highest BCUT2D eigenvalue weighted by Gasteiger charge is 2.17. The van der Waals surface area contributed by atoms with Gasteiger partial charge in [-0.3, -0.25) is 19.9 Å². The summed E-state index contributed by atoms with van der Waals surface area (Å²) in [4.78, 5) is 36.4. The van der Waals surface area contributed by atoms with Gasteiger partial charge in [0.15, 0.2) is 5.13 Å². The van der Waals surface area contributed by atoms with Crippen LogP contribution in [0.5, 0.6) is 0 Å². The van der Waals surface area contributed by atoms with Crippen molar-refractivity contribution in [3.8, 4) is 10.6 Å². The number of amides is 2. The number of anilines is 1. The summed E-state index contributed by atoms with van der Waals surface area (Å²) in [6, 6.07) is 11.9. The topological polar surface area (TPSA) is 84.0 Å². The summed E-state index contributed by atoms with van der Waals surface area (Å²) in [5.41, 5.74) is 4.08. The number of carbonyl (C=O) groups excluding carboxylic acids is 2. The largest absolute Gasteiger partial charge is 0.351 e. The molecule has 0 bridgehead atoms. The Kier molecular flexibility index (Phi) is 5.84. The number of aromatic nitrogens is 2. The first-order chi connectivity index (χ1) is 14.8. The van der Waals surface area contributed by atoms with Gasteiger partial charge in [0.05, 0.1) is 33.9 Å². The number of hydrogen-bond acceptors (Lipinski definition) is 6. The average molecular weight is 451 g/mol. The van der Waals surface area contributed by atoms with Gasteiger partial charge >= 0.3 is 0 Å². The molecule has 0 spiro atoms. The molecule has 0 aliphatic rings. The Morgan fingerprint density at radius 3 is 2.58 bits per heavy atom. The third-order valence-corrected chi connectivity index (χ3v) is 6.81. The van der Waals surface area contributed by atoms with Crippen molar-refractivity contribution < 1.29 is 9.59 Å². The molecule has 0 saturated carbocycles. The van der Waals surface area contributed by atoms with Crippen molar-refractivity contribution in [3.63, 3.8) is 0 Å². The molecule has 3 aromatic heterocycles. The predicted molar refractivity (Wildman–Crippen MR) is 127 cm³/mol. The van der Waals surface area contributed by atoms with Gasteiger partial charge in [-0.1, -0.05) is 11.6 Å². The van der Waals surface area contributed by atoms with Gasteiger partial charge in [0, 0.05) is 22.1 Å². The highest BCUT2D eigenvalue weighted by atomic mass is 32.1. The second kappa shape index (κ2) is 8.56. The van der Waals surface area contributed by atoms with Crippen molar-refractivity contribution >= 4 is 50.5 Å². The molecule has 31 heavy (non-hydrogen) atoms. The maximum atomic E-state index is 13.0. The first kappa shape index (κ1) is 21.1. The van der Waals surface area contributed by atoms with Crippen LogP contribution in [-0.4, -0.2) is 21.8 Å². The molecule has 1 aromatic carbocycles. The number of aryl methyl sites for hydroxylation is 3. The molecule has 2 N–H and O–H groups in total. The van der Waals surface area contributed by atoms with E-state index in [1.54, 1.807) is 11.3 Å². The summed E-state index contributed by atoms with van der Waals surface area (Å²) >= 11 is 3.03. The van der Waals surface area contributed by atoms with Gasteiger partial charge in [0.25, 0.3) is 5.91 Å². The van der Waals surface area contributed by atoms with Gasteiger partial charge in [0.1, 0.15) is 0 Å². The van der Waals surface area contributed by atoms with Gasteiger partial charge < -0.3 is 5.32 Å². The third kappa shape index (κ3) is 4.65. The van der Waals surface area contributed by atoms with E-state index in [2.05, 4.69) is 20.6 Å². The fourth-order valence-electron chi connectivity index (χ4n) is 3.28. The Labute approximate surface area is 188 Å². The maximum absolute atomic E-state index is 13.0. The molecule has 158 valence electrons. The van der Waals surface area contributed by atoms with Crippen molar-refractivity contribution in [3.05, 3.63) is 63.0 Å². The zero-order valence-electron chi connectivity index (χ0n) is 17.7. The summed E-state index contributed by atoms with van der Waals surface area (Å²) in [6.07, 6.45) is 0. The van der Waals surface area contributed by atoms with Gasteiger partial charge in [-0.25, -0.2) is 4.98 Å². The van der Waals surface area contributed by atoms with E-state index in [1.165, 1.54) is 18.3 Å². The number of carbonyl (C=O) groups is 2. The molecule has 0 aliphatic carbocycles. The number of nitrogens with one attached hydrogen (secondary N) is 2. The smallest absolute Gasteiger partial charge is 0.259 e. The first-order valence-corrected chi connectivity index (χ1v) is 11.4. The number of thiazole rings is 1. The second-order valence-corrected chi connectivity index (χ2v) is 9.74. The molecule has 4 aromatic rings. The van der Waals surface area contributed by atoms with Crippen LogP contribution in [0, 0.1) is 20.8 Å². The monoisotopic (exact) mass is 450 g/mol. The molecule has 0 radical (unpaired) electrons. The highest BCUT2D eigenvalue weighted by Crippen LogP contribution is 2.35. The van der Waals surface area contributed by atoms with Crippen LogP contribution in [0.4, 0.5) is 5.13 Å². The Morgan fingerprint density at radius 1 is 1.00 bits per heavy atom. The summed E-state index contributed by atoms with van der Waals surface area (Å²) in [5.74, 6) is -0.273. The van der Waals surface area contributed by atoms with E-state index in [1.807, 2.05) is 57.2 Å². The molecule has 0 aliphatic heterocycles. The van der Waals surface area contributed by atoms with Crippen LogP contribution < -0.4 is 10.6 Å². The maximum Gasteiger partial charge on any atom is 0.259 e.